The molecule has 0 saturated heterocycles. The van der Waals surface area contributed by atoms with E-state index < -0.39 is 0 Å². The van der Waals surface area contributed by atoms with E-state index in [1.807, 2.05) is 0 Å². The predicted molar refractivity (Wildman–Crippen MR) is 87.6 cm³/mol. The van der Waals surface area contributed by atoms with Gasteiger partial charge in [0.25, 0.3) is 0 Å². The van der Waals surface area contributed by atoms with Crippen LogP contribution in [0.5, 0.6) is 5.75 Å². The number of ether oxygens (including phenoxy) is 1. The maximum Gasteiger partial charge on any atom is 0.140 e. The van der Waals surface area contributed by atoms with Crippen molar-refractivity contribution in [1.82, 2.24) is 0 Å². The van der Waals surface area contributed by atoms with Crippen molar-refractivity contribution < 1.29 is 9.53 Å². The van der Waals surface area contributed by atoms with E-state index in [0.29, 0.717) is 23.5 Å². The molecule has 0 amide bonds. The molecule has 2 saturated carbocycles. The average Bonchev–Trinajstić information content (AvgIpc) is 2.84. The molecule has 0 heterocycles. The van der Waals surface area contributed by atoms with Gasteiger partial charge in [0.15, 0.2) is 0 Å². The number of benzene rings is 1. The van der Waals surface area contributed by atoms with Crippen molar-refractivity contribution in [2.45, 2.75) is 50.3 Å². The van der Waals surface area contributed by atoms with E-state index in [9.17, 15) is 4.79 Å². The first-order valence-electron chi connectivity index (χ1n) is 8.40. The Labute approximate surface area is 137 Å². The fraction of sp³-hybridized carbons (Fsp3) is 0.632. The van der Waals surface area contributed by atoms with Crippen LogP contribution < -0.4 is 4.74 Å². The zero-order chi connectivity index (χ0) is 15.5. The summed E-state index contributed by atoms with van der Waals surface area (Å²) in [6.45, 7) is 2.13. The molecule has 22 heavy (non-hydrogen) atoms. The summed E-state index contributed by atoms with van der Waals surface area (Å²) in [5.41, 5.74) is 2.58. The molecule has 0 spiro atoms. The SMILES string of the molecule is COc1ccc2c(c1)CC[C@@H]1[C@@H]2C[C@@H](Cl)[C@]2(C)C(=O)CC[C@@H]12. The van der Waals surface area contributed by atoms with Crippen molar-refractivity contribution in [3.8, 4) is 5.75 Å². The summed E-state index contributed by atoms with van der Waals surface area (Å²) >= 11 is 6.75. The normalized spacial score (nSPS) is 39.9. The van der Waals surface area contributed by atoms with Crippen molar-refractivity contribution >= 4 is 17.4 Å². The smallest absolute Gasteiger partial charge is 0.140 e. The molecule has 1 aromatic rings. The van der Waals surface area contributed by atoms with Crippen LogP contribution in [-0.4, -0.2) is 18.3 Å². The highest BCUT2D eigenvalue weighted by Crippen LogP contribution is 2.61. The standard InChI is InChI=1S/C19H23ClO2/c1-19-16(7-8-18(19)21)14-5-3-11-9-12(22-2)4-6-13(11)15(14)10-17(19)20/h4,6,9,14-17H,3,5,7-8,10H2,1-2H3/t14-,15-,16+,17-,19-/m1/s1. The number of methoxy groups -OCH3 is 1. The molecule has 0 bridgehead atoms. The van der Waals surface area contributed by atoms with E-state index >= 15 is 0 Å². The van der Waals surface area contributed by atoms with Gasteiger partial charge in [0, 0.05) is 17.2 Å². The maximum atomic E-state index is 12.4. The summed E-state index contributed by atoms with van der Waals surface area (Å²) in [5.74, 6) is 2.94. The molecule has 0 aliphatic heterocycles. The summed E-state index contributed by atoms with van der Waals surface area (Å²) in [5, 5.41) is -0.0261. The first-order chi connectivity index (χ1) is 10.6. The molecular weight excluding hydrogens is 296 g/mol. The lowest BCUT2D eigenvalue weighted by Crippen LogP contribution is -2.49. The van der Waals surface area contributed by atoms with Crippen LogP contribution in [0.3, 0.4) is 0 Å². The van der Waals surface area contributed by atoms with Crippen molar-refractivity contribution in [3.05, 3.63) is 29.3 Å². The van der Waals surface area contributed by atoms with Crippen molar-refractivity contribution in [2.75, 3.05) is 7.11 Å². The quantitative estimate of drug-likeness (QED) is 0.720. The van der Waals surface area contributed by atoms with E-state index in [-0.39, 0.29) is 10.8 Å². The summed E-state index contributed by atoms with van der Waals surface area (Å²) in [6, 6.07) is 6.48. The van der Waals surface area contributed by atoms with Crippen LogP contribution in [0, 0.1) is 17.3 Å². The van der Waals surface area contributed by atoms with Crippen molar-refractivity contribution in [1.29, 1.82) is 0 Å². The van der Waals surface area contributed by atoms with Gasteiger partial charge in [-0.1, -0.05) is 13.0 Å². The molecule has 118 valence electrons. The maximum absolute atomic E-state index is 12.4. The fourth-order valence-electron chi connectivity index (χ4n) is 5.42. The molecule has 5 atom stereocenters. The van der Waals surface area contributed by atoms with Crippen LogP contribution in [0.4, 0.5) is 0 Å². The fourth-order valence-corrected chi connectivity index (χ4v) is 5.90. The van der Waals surface area contributed by atoms with Gasteiger partial charge >= 0.3 is 0 Å². The number of carbonyl (C=O) groups is 1. The number of halogens is 1. The number of hydrogen-bond acceptors (Lipinski definition) is 2. The van der Waals surface area contributed by atoms with Gasteiger partial charge in [-0.3, -0.25) is 4.79 Å². The van der Waals surface area contributed by atoms with E-state index in [2.05, 4.69) is 25.1 Å². The molecule has 3 aliphatic rings. The summed E-state index contributed by atoms with van der Waals surface area (Å²) in [6.07, 6.45) is 4.97. The third-order valence-electron chi connectivity index (χ3n) is 6.70. The number of hydrogen-bond donors (Lipinski definition) is 0. The van der Waals surface area contributed by atoms with Gasteiger partial charge in [0.05, 0.1) is 7.11 Å². The Morgan fingerprint density at radius 1 is 1.27 bits per heavy atom. The third kappa shape index (κ3) is 1.83. The van der Waals surface area contributed by atoms with Crippen LogP contribution in [0.25, 0.3) is 0 Å². The van der Waals surface area contributed by atoms with E-state index in [1.165, 1.54) is 17.5 Å². The summed E-state index contributed by atoms with van der Waals surface area (Å²) in [4.78, 5) is 12.4. The first-order valence-corrected chi connectivity index (χ1v) is 8.83. The van der Waals surface area contributed by atoms with Crippen LogP contribution in [0.2, 0.25) is 0 Å². The highest BCUT2D eigenvalue weighted by atomic mass is 35.5. The number of aryl methyl sites for hydroxylation is 1. The largest absolute Gasteiger partial charge is 0.497 e. The molecule has 1 aromatic carbocycles. The Morgan fingerprint density at radius 3 is 2.86 bits per heavy atom. The number of fused-ring (bicyclic) bond motifs is 5. The van der Waals surface area contributed by atoms with Crippen molar-refractivity contribution in [3.63, 3.8) is 0 Å². The van der Waals surface area contributed by atoms with Crippen LogP contribution in [0.15, 0.2) is 18.2 Å². The van der Waals surface area contributed by atoms with Crippen LogP contribution in [-0.2, 0) is 11.2 Å². The molecule has 0 unspecified atom stereocenters. The van der Waals surface area contributed by atoms with Gasteiger partial charge in [0.1, 0.15) is 11.5 Å². The Hall–Kier alpha value is -1.02. The van der Waals surface area contributed by atoms with Gasteiger partial charge < -0.3 is 4.74 Å². The first kappa shape index (κ1) is 14.6. The second kappa shape index (κ2) is 4.99. The Morgan fingerprint density at radius 2 is 2.09 bits per heavy atom. The molecule has 2 fully saturated rings. The number of carbonyl (C=O) groups excluding carboxylic acids is 1. The molecule has 0 N–H and O–H groups in total. The highest BCUT2D eigenvalue weighted by Gasteiger charge is 2.58. The lowest BCUT2D eigenvalue weighted by molar-refractivity contribution is -0.128. The lowest BCUT2D eigenvalue weighted by atomic mass is 9.55. The number of rotatable bonds is 1. The molecule has 3 aliphatic carbocycles. The predicted octanol–water partition coefficient (Wildman–Crippen LogP) is 4.34. The molecule has 3 heteroatoms. The lowest BCUT2D eigenvalue weighted by Gasteiger charge is -2.50. The van der Waals surface area contributed by atoms with E-state index in [4.69, 9.17) is 16.3 Å². The minimum atomic E-state index is -0.285. The van der Waals surface area contributed by atoms with Crippen molar-refractivity contribution in [2.24, 2.45) is 17.3 Å². The average molecular weight is 319 g/mol. The van der Waals surface area contributed by atoms with Gasteiger partial charge in [-0.15, -0.1) is 11.6 Å². The summed E-state index contributed by atoms with van der Waals surface area (Å²) < 4.78 is 5.37. The van der Waals surface area contributed by atoms with Gasteiger partial charge in [0.2, 0.25) is 0 Å². The van der Waals surface area contributed by atoms with Gasteiger partial charge in [-0.2, -0.15) is 0 Å². The summed E-state index contributed by atoms with van der Waals surface area (Å²) in [7, 11) is 1.72. The number of alkyl halides is 1. The Balaban J connectivity index is 1.74. The van der Waals surface area contributed by atoms with Gasteiger partial charge in [-0.05, 0) is 66.7 Å². The second-order valence-electron chi connectivity index (χ2n) is 7.43. The third-order valence-corrected chi connectivity index (χ3v) is 7.33. The second-order valence-corrected chi connectivity index (χ2v) is 7.95. The molecule has 2 nitrogen and oxygen atoms in total. The zero-order valence-electron chi connectivity index (χ0n) is 13.3. The van der Waals surface area contributed by atoms with E-state index in [1.54, 1.807) is 7.11 Å². The van der Waals surface area contributed by atoms with Gasteiger partial charge in [-0.25, -0.2) is 0 Å². The minimum absolute atomic E-state index is 0.0261. The molecule has 4 rings (SSSR count). The Kier molecular flexibility index (Phi) is 3.30. The van der Waals surface area contributed by atoms with E-state index in [0.717, 1.165) is 31.4 Å². The number of Topliss-reactive ketones (excluding diaryl/α,β-unsaturated/α-hetero) is 1. The van der Waals surface area contributed by atoms with Crippen LogP contribution >= 0.6 is 11.6 Å². The highest BCUT2D eigenvalue weighted by molar-refractivity contribution is 6.23. The molecule has 0 radical (unpaired) electrons. The minimum Gasteiger partial charge on any atom is -0.497 e. The Bertz CT molecular complexity index is 626. The topological polar surface area (TPSA) is 26.3 Å². The molecule has 0 aromatic heterocycles. The monoisotopic (exact) mass is 318 g/mol. The zero-order valence-corrected chi connectivity index (χ0v) is 14.0. The van der Waals surface area contributed by atoms with Crippen LogP contribution in [0.1, 0.15) is 49.7 Å². The number of ketones is 1. The molecular formula is C19H23ClO2.